The molecule has 1 atom stereocenters. The lowest BCUT2D eigenvalue weighted by molar-refractivity contribution is 0.168. The van der Waals surface area contributed by atoms with Gasteiger partial charge in [-0.1, -0.05) is 19.3 Å². The summed E-state index contributed by atoms with van der Waals surface area (Å²) in [6.07, 6.45) is 5.43. The van der Waals surface area contributed by atoms with Gasteiger partial charge in [-0.3, -0.25) is 9.42 Å². The van der Waals surface area contributed by atoms with Crippen molar-refractivity contribution in [3.8, 4) is 0 Å². The first-order valence-corrected chi connectivity index (χ1v) is 5.72. The molecule has 0 aromatic heterocycles. The molecular formula is C7H14FO3P. The molecule has 5 heteroatoms. The molecule has 1 fully saturated rings. The third-order valence-electron chi connectivity index (χ3n) is 2.19. The molecule has 0 spiro atoms. The van der Waals surface area contributed by atoms with Gasteiger partial charge in [0, 0.05) is 0 Å². The topological polar surface area (TPSA) is 46.5 Å². The predicted octanol–water partition coefficient (Wildman–Crippen LogP) is 2.65. The molecule has 1 aliphatic rings. The highest BCUT2D eigenvalue weighted by Crippen LogP contribution is 2.44. The van der Waals surface area contributed by atoms with E-state index in [4.69, 9.17) is 4.89 Å². The molecule has 0 bridgehead atoms. The fourth-order valence-electron chi connectivity index (χ4n) is 1.55. The second kappa shape index (κ2) is 4.35. The van der Waals surface area contributed by atoms with Crippen LogP contribution < -0.4 is 0 Å². The number of hydrogen-bond donors (Lipinski definition) is 1. The lowest BCUT2D eigenvalue weighted by atomic mass is 9.90. The minimum Gasteiger partial charge on any atom is -0.299 e. The Labute approximate surface area is 71.6 Å². The molecule has 0 radical (unpaired) electrons. The highest BCUT2D eigenvalue weighted by Gasteiger charge is 2.21. The summed E-state index contributed by atoms with van der Waals surface area (Å²) >= 11 is 0. The van der Waals surface area contributed by atoms with Gasteiger partial charge in [0.2, 0.25) is 0 Å². The Balaban J connectivity index is 2.17. The molecule has 0 amide bonds. The van der Waals surface area contributed by atoms with Gasteiger partial charge in [-0.25, -0.2) is 4.57 Å². The third-order valence-corrected chi connectivity index (χ3v) is 2.66. The Morgan fingerprint density at radius 3 is 2.50 bits per heavy atom. The average molecular weight is 196 g/mol. The van der Waals surface area contributed by atoms with Crippen molar-refractivity contribution in [1.82, 2.24) is 0 Å². The molecule has 0 heterocycles. The van der Waals surface area contributed by atoms with Crippen molar-refractivity contribution >= 4 is 7.91 Å². The van der Waals surface area contributed by atoms with Crippen molar-refractivity contribution in [2.24, 2.45) is 5.92 Å². The molecule has 72 valence electrons. The van der Waals surface area contributed by atoms with E-state index in [1.165, 1.54) is 6.42 Å². The van der Waals surface area contributed by atoms with Crippen molar-refractivity contribution in [3.05, 3.63) is 0 Å². The largest absolute Gasteiger partial charge is 0.510 e. The number of rotatable bonds is 3. The fraction of sp³-hybridized carbons (Fsp3) is 1.00. The van der Waals surface area contributed by atoms with Crippen molar-refractivity contribution in [3.63, 3.8) is 0 Å². The van der Waals surface area contributed by atoms with Crippen LogP contribution in [0, 0.1) is 5.92 Å². The zero-order valence-electron chi connectivity index (χ0n) is 6.91. The van der Waals surface area contributed by atoms with Crippen molar-refractivity contribution in [2.45, 2.75) is 32.1 Å². The van der Waals surface area contributed by atoms with Gasteiger partial charge in [0.15, 0.2) is 0 Å². The summed E-state index contributed by atoms with van der Waals surface area (Å²) in [5.41, 5.74) is 0. The SMILES string of the molecule is O=P(O)(F)OCC1CCCCC1. The van der Waals surface area contributed by atoms with Crippen LogP contribution in [0.4, 0.5) is 4.20 Å². The second-order valence-corrected chi connectivity index (χ2v) is 4.41. The number of halogens is 1. The molecular weight excluding hydrogens is 182 g/mol. The molecule has 1 N–H and O–H groups in total. The van der Waals surface area contributed by atoms with Gasteiger partial charge in [-0.15, -0.1) is 4.20 Å². The quantitative estimate of drug-likeness (QED) is 0.706. The van der Waals surface area contributed by atoms with Crippen LogP contribution >= 0.6 is 7.91 Å². The van der Waals surface area contributed by atoms with Gasteiger partial charge >= 0.3 is 7.91 Å². The first kappa shape index (κ1) is 10.2. The van der Waals surface area contributed by atoms with E-state index in [0.717, 1.165) is 25.7 Å². The average Bonchev–Trinajstić information content (AvgIpc) is 2.02. The normalized spacial score (nSPS) is 25.2. The number of hydrogen-bond acceptors (Lipinski definition) is 2. The summed E-state index contributed by atoms with van der Waals surface area (Å²) in [4.78, 5) is 8.21. The summed E-state index contributed by atoms with van der Waals surface area (Å²) in [6.45, 7) is 0.0876. The highest BCUT2D eigenvalue weighted by atomic mass is 31.2. The van der Waals surface area contributed by atoms with Crippen LogP contribution in [0.1, 0.15) is 32.1 Å². The van der Waals surface area contributed by atoms with Crippen molar-refractivity contribution in [1.29, 1.82) is 0 Å². The van der Waals surface area contributed by atoms with Gasteiger partial charge in [-0.2, -0.15) is 0 Å². The van der Waals surface area contributed by atoms with Gasteiger partial charge < -0.3 is 0 Å². The van der Waals surface area contributed by atoms with Gasteiger partial charge in [0.25, 0.3) is 0 Å². The Hall–Kier alpha value is 0.0800. The van der Waals surface area contributed by atoms with Crippen LogP contribution in [0.3, 0.4) is 0 Å². The van der Waals surface area contributed by atoms with Crippen molar-refractivity contribution in [2.75, 3.05) is 6.61 Å². The van der Waals surface area contributed by atoms with E-state index >= 15 is 0 Å². The minimum atomic E-state index is -4.73. The maximum atomic E-state index is 12.0. The van der Waals surface area contributed by atoms with Crippen molar-refractivity contribution < 1.29 is 18.2 Å². The molecule has 1 rings (SSSR count). The van der Waals surface area contributed by atoms with Crippen LogP contribution in [0.2, 0.25) is 0 Å². The van der Waals surface area contributed by atoms with Crippen LogP contribution in [0.15, 0.2) is 0 Å². The first-order valence-electron chi connectivity index (χ1n) is 4.25. The van der Waals surface area contributed by atoms with E-state index < -0.39 is 7.91 Å². The van der Waals surface area contributed by atoms with Crippen LogP contribution in [-0.4, -0.2) is 11.5 Å². The van der Waals surface area contributed by atoms with Crippen LogP contribution in [0.5, 0.6) is 0 Å². The van der Waals surface area contributed by atoms with E-state index in [1.54, 1.807) is 0 Å². The third kappa shape index (κ3) is 4.19. The van der Waals surface area contributed by atoms with E-state index in [2.05, 4.69) is 4.52 Å². The lowest BCUT2D eigenvalue weighted by Gasteiger charge is -2.20. The standard InChI is InChI=1S/C7H14FO3P/c8-12(9,10)11-6-7-4-2-1-3-5-7/h7H,1-6H2,(H,9,10). The molecule has 1 unspecified atom stereocenters. The van der Waals surface area contributed by atoms with E-state index in [1.807, 2.05) is 0 Å². The van der Waals surface area contributed by atoms with E-state index in [-0.39, 0.29) is 12.5 Å². The second-order valence-electron chi connectivity index (χ2n) is 3.25. The highest BCUT2D eigenvalue weighted by molar-refractivity contribution is 7.46. The lowest BCUT2D eigenvalue weighted by Crippen LogP contribution is -2.11. The molecule has 0 saturated heterocycles. The zero-order chi connectivity index (χ0) is 9.03. The fourth-order valence-corrected chi connectivity index (χ4v) is 1.95. The summed E-state index contributed by atoms with van der Waals surface area (Å²) in [5.74, 6) is 0.273. The summed E-state index contributed by atoms with van der Waals surface area (Å²) in [6, 6.07) is 0. The van der Waals surface area contributed by atoms with Gasteiger partial charge in [0.05, 0.1) is 6.61 Å². The van der Waals surface area contributed by atoms with E-state index in [0.29, 0.717) is 0 Å². The summed E-state index contributed by atoms with van der Waals surface area (Å²) < 4.78 is 26.4. The van der Waals surface area contributed by atoms with Gasteiger partial charge in [0.1, 0.15) is 0 Å². The molecule has 0 aromatic carbocycles. The molecule has 12 heavy (non-hydrogen) atoms. The predicted molar refractivity (Wildman–Crippen MR) is 43.5 cm³/mol. The van der Waals surface area contributed by atoms with Crippen LogP contribution in [0.25, 0.3) is 0 Å². The maximum absolute atomic E-state index is 12.0. The first-order chi connectivity index (χ1) is 5.58. The Bertz CT molecular complexity index is 173. The molecule has 3 nitrogen and oxygen atoms in total. The zero-order valence-corrected chi connectivity index (χ0v) is 7.80. The molecule has 0 aliphatic heterocycles. The smallest absolute Gasteiger partial charge is 0.299 e. The molecule has 1 saturated carbocycles. The Morgan fingerprint density at radius 1 is 1.42 bits per heavy atom. The summed E-state index contributed by atoms with van der Waals surface area (Å²) in [5, 5.41) is 0. The van der Waals surface area contributed by atoms with Crippen LogP contribution in [-0.2, 0) is 9.09 Å². The summed E-state index contributed by atoms with van der Waals surface area (Å²) in [7, 11) is -4.73. The van der Waals surface area contributed by atoms with E-state index in [9.17, 15) is 8.76 Å². The Morgan fingerprint density at radius 2 is 2.00 bits per heavy atom. The Kier molecular flexibility index (Phi) is 3.69. The molecule has 1 aliphatic carbocycles. The maximum Gasteiger partial charge on any atom is 0.510 e. The monoisotopic (exact) mass is 196 g/mol. The van der Waals surface area contributed by atoms with Gasteiger partial charge in [-0.05, 0) is 18.8 Å². The minimum absolute atomic E-state index is 0.0876. The molecule has 0 aromatic rings.